The van der Waals surface area contributed by atoms with Gasteiger partial charge in [0.2, 0.25) is 9.84 Å². The summed E-state index contributed by atoms with van der Waals surface area (Å²) in [6, 6.07) is 27.9. The van der Waals surface area contributed by atoms with Crippen molar-refractivity contribution < 1.29 is 8.42 Å². The number of thiazole rings is 1. The molecule has 0 fully saturated rings. The standard InChI is InChI=1S/C25H19N3O2S2/c1-18-24(31-25(27-18)19-11-5-2-6-12-19)23-22(32(29,30)21-15-9-4-10-16-21)17-26-28(23)20-13-7-3-8-14-20/h2-17H,1H3. The van der Waals surface area contributed by atoms with Crippen molar-refractivity contribution in [1.29, 1.82) is 0 Å². The van der Waals surface area contributed by atoms with E-state index < -0.39 is 9.84 Å². The highest BCUT2D eigenvalue weighted by molar-refractivity contribution is 7.91. The zero-order valence-electron chi connectivity index (χ0n) is 17.2. The topological polar surface area (TPSA) is 64.8 Å². The van der Waals surface area contributed by atoms with Gasteiger partial charge in [0.1, 0.15) is 15.6 Å². The normalized spacial score (nSPS) is 11.5. The molecule has 0 aliphatic rings. The van der Waals surface area contributed by atoms with E-state index in [-0.39, 0.29) is 9.79 Å². The second-order valence-electron chi connectivity index (χ2n) is 7.22. The zero-order chi connectivity index (χ0) is 22.1. The molecule has 5 nitrogen and oxygen atoms in total. The fourth-order valence-electron chi connectivity index (χ4n) is 3.55. The highest BCUT2D eigenvalue weighted by atomic mass is 32.2. The Bertz CT molecular complexity index is 1470. The van der Waals surface area contributed by atoms with Gasteiger partial charge in [-0.05, 0) is 31.2 Å². The number of aryl methyl sites for hydroxylation is 1. The molecule has 0 amide bonds. The summed E-state index contributed by atoms with van der Waals surface area (Å²) in [4.78, 5) is 5.93. The molecule has 158 valence electrons. The maximum atomic E-state index is 13.6. The average Bonchev–Trinajstić information content (AvgIpc) is 3.45. The minimum absolute atomic E-state index is 0.166. The van der Waals surface area contributed by atoms with Crippen LogP contribution in [0.3, 0.4) is 0 Å². The molecule has 2 heterocycles. The molecule has 2 aromatic heterocycles. The van der Waals surface area contributed by atoms with Crippen LogP contribution < -0.4 is 0 Å². The minimum Gasteiger partial charge on any atom is -0.241 e. The van der Waals surface area contributed by atoms with Crippen molar-refractivity contribution in [2.75, 3.05) is 0 Å². The van der Waals surface area contributed by atoms with Crippen LogP contribution in [-0.2, 0) is 9.84 Å². The van der Waals surface area contributed by atoms with Gasteiger partial charge in [0, 0.05) is 5.56 Å². The predicted molar refractivity (Wildman–Crippen MR) is 127 cm³/mol. The summed E-state index contributed by atoms with van der Waals surface area (Å²) in [5.74, 6) is 0. The molecule has 0 radical (unpaired) electrons. The Labute approximate surface area is 190 Å². The third-order valence-corrected chi connectivity index (χ3v) is 8.10. The summed E-state index contributed by atoms with van der Waals surface area (Å²) in [7, 11) is -3.78. The molecule has 5 aromatic rings. The highest BCUT2D eigenvalue weighted by Crippen LogP contribution is 2.40. The van der Waals surface area contributed by atoms with Crippen LogP contribution in [0.1, 0.15) is 5.69 Å². The van der Waals surface area contributed by atoms with Crippen molar-refractivity contribution in [2.45, 2.75) is 16.7 Å². The van der Waals surface area contributed by atoms with Crippen LogP contribution in [0.5, 0.6) is 0 Å². The minimum atomic E-state index is -3.78. The van der Waals surface area contributed by atoms with Crippen molar-refractivity contribution in [3.05, 3.63) is 103 Å². The van der Waals surface area contributed by atoms with Crippen LogP contribution in [0.2, 0.25) is 0 Å². The summed E-state index contributed by atoms with van der Waals surface area (Å²) < 4.78 is 28.9. The van der Waals surface area contributed by atoms with Gasteiger partial charge in [0.25, 0.3) is 0 Å². The number of nitrogens with zero attached hydrogens (tertiary/aromatic N) is 3. The van der Waals surface area contributed by atoms with E-state index in [1.807, 2.05) is 67.6 Å². The first-order valence-corrected chi connectivity index (χ1v) is 12.3. The number of sulfone groups is 1. The lowest BCUT2D eigenvalue weighted by molar-refractivity contribution is 0.596. The number of benzene rings is 3. The van der Waals surface area contributed by atoms with E-state index in [0.717, 1.165) is 26.8 Å². The molecule has 3 aromatic carbocycles. The number of hydrogen-bond donors (Lipinski definition) is 0. The lowest BCUT2D eigenvalue weighted by atomic mass is 10.2. The van der Waals surface area contributed by atoms with Crippen LogP contribution >= 0.6 is 11.3 Å². The molecule has 32 heavy (non-hydrogen) atoms. The Balaban J connectivity index is 1.76. The Morgan fingerprint density at radius 2 is 1.41 bits per heavy atom. The molecule has 0 saturated carbocycles. The number of aromatic nitrogens is 3. The Morgan fingerprint density at radius 1 is 0.812 bits per heavy atom. The van der Waals surface area contributed by atoms with Crippen LogP contribution in [0.25, 0.3) is 26.8 Å². The molecular weight excluding hydrogens is 438 g/mol. The van der Waals surface area contributed by atoms with Crippen molar-refractivity contribution in [3.8, 4) is 26.8 Å². The molecular formula is C25H19N3O2S2. The van der Waals surface area contributed by atoms with E-state index in [2.05, 4.69) is 5.10 Å². The Hall–Kier alpha value is -3.55. The Morgan fingerprint density at radius 3 is 2.06 bits per heavy atom. The predicted octanol–water partition coefficient (Wildman–Crippen LogP) is 5.80. The van der Waals surface area contributed by atoms with Gasteiger partial charge >= 0.3 is 0 Å². The molecule has 0 unspecified atom stereocenters. The molecule has 0 atom stereocenters. The molecule has 0 aliphatic heterocycles. The smallest absolute Gasteiger partial charge is 0.210 e. The third-order valence-electron chi connectivity index (χ3n) is 5.11. The second kappa shape index (κ2) is 8.18. The molecule has 0 aliphatic carbocycles. The summed E-state index contributed by atoms with van der Waals surface area (Å²) >= 11 is 1.47. The third kappa shape index (κ3) is 3.55. The summed E-state index contributed by atoms with van der Waals surface area (Å²) in [6.45, 7) is 1.90. The van der Waals surface area contributed by atoms with Crippen molar-refractivity contribution in [1.82, 2.24) is 14.8 Å². The van der Waals surface area contributed by atoms with Gasteiger partial charge in [-0.1, -0.05) is 66.7 Å². The fraction of sp³-hybridized carbons (Fsp3) is 0.0400. The van der Waals surface area contributed by atoms with E-state index in [0.29, 0.717) is 5.69 Å². The summed E-state index contributed by atoms with van der Waals surface area (Å²) in [5.41, 5.74) is 3.06. The van der Waals surface area contributed by atoms with Gasteiger partial charge in [0.15, 0.2) is 0 Å². The number of rotatable bonds is 5. The largest absolute Gasteiger partial charge is 0.241 e. The van der Waals surface area contributed by atoms with Gasteiger partial charge in [-0.2, -0.15) is 5.10 Å². The van der Waals surface area contributed by atoms with Crippen molar-refractivity contribution >= 4 is 21.2 Å². The number of hydrogen-bond acceptors (Lipinski definition) is 5. The van der Waals surface area contributed by atoms with E-state index in [1.54, 1.807) is 35.0 Å². The first-order chi connectivity index (χ1) is 15.6. The van der Waals surface area contributed by atoms with Gasteiger partial charge in [-0.15, -0.1) is 11.3 Å². The second-order valence-corrected chi connectivity index (χ2v) is 10.1. The lowest BCUT2D eigenvalue weighted by Gasteiger charge is -2.10. The number of para-hydroxylation sites is 1. The molecule has 7 heteroatoms. The van der Waals surface area contributed by atoms with E-state index in [4.69, 9.17) is 4.98 Å². The van der Waals surface area contributed by atoms with E-state index in [1.165, 1.54) is 17.5 Å². The zero-order valence-corrected chi connectivity index (χ0v) is 18.8. The van der Waals surface area contributed by atoms with Gasteiger partial charge in [-0.3, -0.25) is 0 Å². The van der Waals surface area contributed by atoms with Gasteiger partial charge in [0.05, 0.1) is 27.4 Å². The molecule has 0 saturated heterocycles. The van der Waals surface area contributed by atoms with E-state index >= 15 is 0 Å². The summed E-state index contributed by atoms with van der Waals surface area (Å²) in [6.07, 6.45) is 1.44. The van der Waals surface area contributed by atoms with E-state index in [9.17, 15) is 8.42 Å². The SMILES string of the molecule is Cc1nc(-c2ccccc2)sc1-c1c(S(=O)(=O)c2ccccc2)cnn1-c1ccccc1. The van der Waals surface area contributed by atoms with Crippen LogP contribution in [0.4, 0.5) is 0 Å². The molecule has 0 bridgehead atoms. The molecule has 0 N–H and O–H groups in total. The lowest BCUT2D eigenvalue weighted by Crippen LogP contribution is -2.05. The Kier molecular flexibility index (Phi) is 5.20. The maximum Gasteiger partial charge on any atom is 0.210 e. The van der Waals surface area contributed by atoms with Crippen molar-refractivity contribution in [3.63, 3.8) is 0 Å². The van der Waals surface area contributed by atoms with Crippen molar-refractivity contribution in [2.24, 2.45) is 0 Å². The van der Waals surface area contributed by atoms with Crippen LogP contribution in [0.15, 0.2) is 107 Å². The fourth-order valence-corrected chi connectivity index (χ4v) is 6.13. The first-order valence-electron chi connectivity index (χ1n) is 10.0. The first kappa shape index (κ1) is 20.4. The maximum absolute atomic E-state index is 13.6. The van der Waals surface area contributed by atoms with Gasteiger partial charge in [-0.25, -0.2) is 18.1 Å². The quantitative estimate of drug-likeness (QED) is 0.334. The van der Waals surface area contributed by atoms with Crippen LogP contribution in [0, 0.1) is 6.92 Å². The van der Waals surface area contributed by atoms with Crippen LogP contribution in [-0.4, -0.2) is 23.2 Å². The highest BCUT2D eigenvalue weighted by Gasteiger charge is 2.29. The molecule has 5 rings (SSSR count). The monoisotopic (exact) mass is 457 g/mol. The average molecular weight is 458 g/mol. The molecule has 0 spiro atoms. The van der Waals surface area contributed by atoms with Gasteiger partial charge < -0.3 is 0 Å². The summed E-state index contributed by atoms with van der Waals surface area (Å²) in [5, 5.41) is 5.33.